The highest BCUT2D eigenvalue weighted by atomic mass is 19.4. The highest BCUT2D eigenvalue weighted by molar-refractivity contribution is 5.92. The number of rotatable bonds is 2. The Bertz CT molecular complexity index is 531. The van der Waals surface area contributed by atoms with Crippen LogP contribution in [-0.4, -0.2) is 21.9 Å². The predicted molar refractivity (Wildman–Crippen MR) is 77.4 cm³/mol. The third-order valence-corrected chi connectivity index (χ3v) is 4.05. The summed E-state index contributed by atoms with van der Waals surface area (Å²) in [5.74, 6) is -2.30. The van der Waals surface area contributed by atoms with Gasteiger partial charge >= 0.3 is 6.18 Å². The zero-order valence-corrected chi connectivity index (χ0v) is 13.1. The Balaban J connectivity index is 1.99. The predicted octanol–water partition coefficient (Wildman–Crippen LogP) is 3.95. The van der Waals surface area contributed by atoms with Crippen LogP contribution in [0.2, 0.25) is 0 Å². The van der Waals surface area contributed by atoms with Crippen LogP contribution >= 0.6 is 0 Å². The van der Waals surface area contributed by atoms with Crippen LogP contribution in [0, 0.1) is 11.8 Å². The van der Waals surface area contributed by atoms with Gasteiger partial charge in [-0.15, -0.1) is 0 Å². The fraction of sp³-hybridized carbons (Fsp3) is 0.733. The molecule has 0 spiro atoms. The van der Waals surface area contributed by atoms with E-state index >= 15 is 0 Å². The average molecular weight is 317 g/mol. The molecular weight excluding hydrogens is 295 g/mol. The molecule has 1 N–H and O–H groups in total. The van der Waals surface area contributed by atoms with Crippen molar-refractivity contribution < 1.29 is 18.0 Å². The first-order valence-electron chi connectivity index (χ1n) is 7.50. The van der Waals surface area contributed by atoms with Gasteiger partial charge in [0.05, 0.1) is 23.3 Å². The second kappa shape index (κ2) is 5.93. The van der Waals surface area contributed by atoms with Gasteiger partial charge in [-0.25, -0.2) is 0 Å². The van der Waals surface area contributed by atoms with Crippen LogP contribution in [0.5, 0.6) is 0 Å². The fourth-order valence-electron chi connectivity index (χ4n) is 2.72. The van der Waals surface area contributed by atoms with Crippen molar-refractivity contribution in [2.24, 2.45) is 11.8 Å². The lowest BCUT2D eigenvalue weighted by Gasteiger charge is -2.29. The largest absolute Gasteiger partial charge is 0.391 e. The maximum atomic E-state index is 12.8. The van der Waals surface area contributed by atoms with E-state index in [1.54, 1.807) is 10.9 Å². The van der Waals surface area contributed by atoms with Crippen LogP contribution in [0.15, 0.2) is 12.4 Å². The summed E-state index contributed by atoms with van der Waals surface area (Å²) in [5, 5.41) is 6.85. The number of hydrogen-bond donors (Lipinski definition) is 1. The van der Waals surface area contributed by atoms with E-state index in [1.165, 1.54) is 6.20 Å². The molecule has 0 saturated heterocycles. The molecule has 1 aromatic heterocycles. The number of carbonyl (C=O) groups excluding carboxylic acids is 1. The Labute approximate surface area is 128 Å². The topological polar surface area (TPSA) is 46.9 Å². The number of alkyl halides is 3. The second-order valence-corrected chi connectivity index (χ2v) is 6.94. The Morgan fingerprint density at radius 2 is 2.00 bits per heavy atom. The smallest absolute Gasteiger partial charge is 0.323 e. The normalized spacial score (nSPS) is 23.4. The zero-order valence-electron chi connectivity index (χ0n) is 13.1. The summed E-state index contributed by atoms with van der Waals surface area (Å²) < 4.78 is 40.1. The standard InChI is InChI=1S/C15H22F3N3O/c1-14(2,3)21-9-12(8-19-21)20-13(22)10-5-4-6-11(7-10)15(16,17)18/h8-11H,4-7H2,1-3H3,(H,20,22). The molecule has 2 unspecified atom stereocenters. The fourth-order valence-corrected chi connectivity index (χ4v) is 2.72. The highest BCUT2D eigenvalue weighted by Crippen LogP contribution is 2.40. The number of halogens is 3. The van der Waals surface area contributed by atoms with Gasteiger partial charge in [0.25, 0.3) is 0 Å². The summed E-state index contributed by atoms with van der Waals surface area (Å²) in [6.45, 7) is 5.92. The van der Waals surface area contributed by atoms with Crippen molar-refractivity contribution in [3.05, 3.63) is 12.4 Å². The van der Waals surface area contributed by atoms with Crippen LogP contribution in [-0.2, 0) is 10.3 Å². The van der Waals surface area contributed by atoms with Gasteiger partial charge in [-0.2, -0.15) is 18.3 Å². The average Bonchev–Trinajstić information content (AvgIpc) is 2.86. The molecule has 2 rings (SSSR count). The zero-order chi connectivity index (χ0) is 16.5. The van der Waals surface area contributed by atoms with Crippen molar-refractivity contribution in [2.75, 3.05) is 5.32 Å². The van der Waals surface area contributed by atoms with Crippen LogP contribution in [0.3, 0.4) is 0 Å². The minimum Gasteiger partial charge on any atom is -0.323 e. The molecule has 0 aliphatic heterocycles. The molecule has 4 nitrogen and oxygen atoms in total. The Hall–Kier alpha value is -1.53. The molecule has 1 aromatic rings. The summed E-state index contributed by atoms with van der Waals surface area (Å²) in [6.07, 6.45) is -0.0570. The van der Waals surface area contributed by atoms with E-state index in [9.17, 15) is 18.0 Å². The first-order chi connectivity index (χ1) is 10.1. The monoisotopic (exact) mass is 317 g/mol. The number of carbonyl (C=O) groups is 1. The minimum atomic E-state index is -4.21. The van der Waals surface area contributed by atoms with Crippen LogP contribution in [0.4, 0.5) is 18.9 Å². The van der Waals surface area contributed by atoms with Crippen molar-refractivity contribution in [2.45, 2.75) is 58.2 Å². The van der Waals surface area contributed by atoms with Crippen molar-refractivity contribution >= 4 is 11.6 Å². The first kappa shape index (κ1) is 16.8. The molecule has 0 aromatic carbocycles. The van der Waals surface area contributed by atoms with Gasteiger partial charge < -0.3 is 5.32 Å². The van der Waals surface area contributed by atoms with Gasteiger partial charge in [0.15, 0.2) is 0 Å². The lowest BCUT2D eigenvalue weighted by molar-refractivity contribution is -0.185. The molecule has 1 amide bonds. The molecule has 1 aliphatic rings. The van der Waals surface area contributed by atoms with Gasteiger partial charge in [-0.1, -0.05) is 6.42 Å². The third-order valence-electron chi connectivity index (χ3n) is 4.05. The van der Waals surface area contributed by atoms with Gasteiger partial charge in [-0.05, 0) is 40.0 Å². The second-order valence-electron chi connectivity index (χ2n) is 6.94. The van der Waals surface area contributed by atoms with Crippen molar-refractivity contribution in [3.8, 4) is 0 Å². The molecule has 0 radical (unpaired) electrons. The van der Waals surface area contributed by atoms with Crippen molar-refractivity contribution in [1.29, 1.82) is 0 Å². The SMILES string of the molecule is CC(C)(C)n1cc(NC(=O)C2CCCC(C(F)(F)F)C2)cn1. The van der Waals surface area contributed by atoms with E-state index in [4.69, 9.17) is 0 Å². The van der Waals surface area contributed by atoms with Crippen molar-refractivity contribution in [3.63, 3.8) is 0 Å². The molecule has 1 heterocycles. The minimum absolute atomic E-state index is 0.120. The molecule has 0 bridgehead atoms. The Morgan fingerprint density at radius 3 is 2.55 bits per heavy atom. The molecule has 2 atom stereocenters. The van der Waals surface area contributed by atoms with E-state index in [0.717, 1.165) is 0 Å². The molecule has 1 saturated carbocycles. The number of hydrogen-bond acceptors (Lipinski definition) is 2. The van der Waals surface area contributed by atoms with E-state index in [0.29, 0.717) is 18.5 Å². The summed E-state index contributed by atoms with van der Waals surface area (Å²) >= 11 is 0. The third kappa shape index (κ3) is 4.01. The van der Waals surface area contributed by atoms with Crippen LogP contribution < -0.4 is 5.32 Å². The molecule has 1 aliphatic carbocycles. The summed E-state index contributed by atoms with van der Waals surface area (Å²) in [5.41, 5.74) is 0.309. The lowest BCUT2D eigenvalue weighted by atomic mass is 9.80. The number of nitrogens with one attached hydrogen (secondary N) is 1. The maximum Gasteiger partial charge on any atom is 0.391 e. The maximum absolute atomic E-state index is 12.8. The highest BCUT2D eigenvalue weighted by Gasteiger charge is 2.43. The molecular formula is C15H22F3N3O. The van der Waals surface area contributed by atoms with E-state index in [-0.39, 0.29) is 24.3 Å². The van der Waals surface area contributed by atoms with Gasteiger partial charge in [0, 0.05) is 12.1 Å². The Kier molecular flexibility index (Phi) is 4.54. The number of amides is 1. The van der Waals surface area contributed by atoms with Gasteiger partial charge in [0.2, 0.25) is 5.91 Å². The number of anilines is 1. The van der Waals surface area contributed by atoms with Crippen molar-refractivity contribution in [1.82, 2.24) is 9.78 Å². The van der Waals surface area contributed by atoms with E-state index in [2.05, 4.69) is 10.4 Å². The van der Waals surface area contributed by atoms with E-state index in [1.807, 2.05) is 20.8 Å². The van der Waals surface area contributed by atoms with E-state index < -0.39 is 18.0 Å². The molecule has 7 heteroatoms. The summed E-state index contributed by atoms with van der Waals surface area (Å²) in [6, 6.07) is 0. The number of nitrogens with zero attached hydrogens (tertiary/aromatic N) is 2. The summed E-state index contributed by atoms with van der Waals surface area (Å²) in [4.78, 5) is 12.2. The first-order valence-corrected chi connectivity index (χ1v) is 7.50. The van der Waals surface area contributed by atoms with Gasteiger partial charge in [-0.3, -0.25) is 9.48 Å². The van der Waals surface area contributed by atoms with Crippen LogP contribution in [0.1, 0.15) is 46.5 Å². The number of aromatic nitrogens is 2. The quantitative estimate of drug-likeness (QED) is 0.898. The van der Waals surface area contributed by atoms with Gasteiger partial charge in [0.1, 0.15) is 0 Å². The Morgan fingerprint density at radius 1 is 1.32 bits per heavy atom. The van der Waals surface area contributed by atoms with Crippen LogP contribution in [0.25, 0.3) is 0 Å². The molecule has 22 heavy (non-hydrogen) atoms. The molecule has 1 fully saturated rings. The summed E-state index contributed by atoms with van der Waals surface area (Å²) in [7, 11) is 0. The molecule has 124 valence electrons. The lowest BCUT2D eigenvalue weighted by Crippen LogP contribution is -2.34.